The Balaban J connectivity index is 3.13. The maximum Gasteiger partial charge on any atom is 0.253 e. The quantitative estimate of drug-likeness (QED) is 0.620. The molecular weight excluding hydrogens is 188 g/mol. The van der Waals surface area contributed by atoms with Gasteiger partial charge in [0.15, 0.2) is 0 Å². The molecule has 0 spiro atoms. The second-order valence-corrected chi connectivity index (χ2v) is 3.70. The Morgan fingerprint density at radius 1 is 1.14 bits per heavy atom. The summed E-state index contributed by atoms with van der Waals surface area (Å²) in [5, 5.41) is 2.76. The molecule has 1 atom stereocenters. The lowest BCUT2D eigenvalue weighted by atomic mass is 10.3. The zero-order valence-electron chi connectivity index (χ0n) is 9.22. The Kier molecular flexibility index (Phi) is 7.99. The molecule has 2 nitrogen and oxygen atoms in total. The molecule has 0 heterocycles. The normalized spacial score (nSPS) is 13.9. The Morgan fingerprint density at radius 2 is 1.79 bits per heavy atom. The number of rotatable bonds is 8. The van der Waals surface area contributed by atoms with Gasteiger partial charge in [0.1, 0.15) is 0 Å². The highest BCUT2D eigenvalue weighted by Crippen LogP contribution is 2.00. The number of hydrogen-bond acceptors (Lipinski definition) is 2. The predicted octanol–water partition coefficient (Wildman–Crippen LogP) is 2.43. The van der Waals surface area contributed by atoms with Crippen molar-refractivity contribution in [2.45, 2.75) is 52.2 Å². The second-order valence-electron chi connectivity index (χ2n) is 3.70. The van der Waals surface area contributed by atoms with E-state index in [0.29, 0.717) is 13.2 Å². The molecule has 0 rings (SSSR count). The third-order valence-corrected chi connectivity index (χ3v) is 1.87. The van der Waals surface area contributed by atoms with Crippen LogP contribution in [0.4, 0.5) is 8.78 Å². The highest BCUT2D eigenvalue weighted by molar-refractivity contribution is 4.62. The van der Waals surface area contributed by atoms with Crippen LogP contribution in [0.5, 0.6) is 0 Å². The van der Waals surface area contributed by atoms with Crippen molar-refractivity contribution in [3.8, 4) is 0 Å². The average Bonchev–Trinajstić information content (AvgIpc) is 2.09. The maximum atomic E-state index is 12.0. The fraction of sp³-hybridized carbons (Fsp3) is 1.00. The average molecular weight is 209 g/mol. The topological polar surface area (TPSA) is 21.3 Å². The van der Waals surface area contributed by atoms with Gasteiger partial charge in [0, 0.05) is 6.61 Å². The van der Waals surface area contributed by atoms with Crippen LogP contribution in [-0.2, 0) is 4.74 Å². The van der Waals surface area contributed by atoms with Gasteiger partial charge >= 0.3 is 0 Å². The Bertz CT molecular complexity index is 131. The largest absolute Gasteiger partial charge is 0.379 e. The number of nitrogens with one attached hydrogen (secondary N) is 1. The Hall–Kier alpha value is -0.220. The number of unbranched alkanes of at least 4 members (excludes halogenated alkanes) is 1. The molecule has 0 aliphatic carbocycles. The first-order valence-electron chi connectivity index (χ1n) is 5.17. The molecule has 0 bridgehead atoms. The maximum absolute atomic E-state index is 12.0. The van der Waals surface area contributed by atoms with E-state index in [4.69, 9.17) is 4.74 Å². The minimum absolute atomic E-state index is 0.253. The molecule has 0 saturated heterocycles. The van der Waals surface area contributed by atoms with E-state index in [-0.39, 0.29) is 6.10 Å². The fourth-order valence-electron chi connectivity index (χ4n) is 0.965. The summed E-state index contributed by atoms with van der Waals surface area (Å²) in [7, 11) is 0. The SMILES string of the molecule is CC(C)OCCCCNC(C)C(F)F. The molecule has 0 aromatic heterocycles. The molecule has 0 fully saturated rings. The van der Waals surface area contributed by atoms with Crippen molar-refractivity contribution in [2.24, 2.45) is 0 Å². The number of halogens is 2. The van der Waals surface area contributed by atoms with Gasteiger partial charge in [-0.15, -0.1) is 0 Å². The number of ether oxygens (including phenoxy) is 1. The van der Waals surface area contributed by atoms with Crippen LogP contribution in [0.3, 0.4) is 0 Å². The van der Waals surface area contributed by atoms with E-state index in [2.05, 4.69) is 5.32 Å². The first kappa shape index (κ1) is 13.8. The zero-order chi connectivity index (χ0) is 11.0. The van der Waals surface area contributed by atoms with E-state index >= 15 is 0 Å². The molecule has 1 unspecified atom stereocenters. The highest BCUT2D eigenvalue weighted by atomic mass is 19.3. The van der Waals surface area contributed by atoms with Crippen molar-refractivity contribution < 1.29 is 13.5 Å². The summed E-state index contributed by atoms with van der Waals surface area (Å²) < 4.78 is 29.4. The van der Waals surface area contributed by atoms with Gasteiger partial charge in [-0.25, -0.2) is 8.78 Å². The van der Waals surface area contributed by atoms with Crippen molar-refractivity contribution >= 4 is 0 Å². The molecule has 0 radical (unpaired) electrons. The van der Waals surface area contributed by atoms with Crippen LogP contribution in [0.15, 0.2) is 0 Å². The van der Waals surface area contributed by atoms with E-state index in [9.17, 15) is 8.78 Å². The van der Waals surface area contributed by atoms with Gasteiger partial charge in [-0.2, -0.15) is 0 Å². The van der Waals surface area contributed by atoms with Crippen LogP contribution in [-0.4, -0.2) is 31.7 Å². The summed E-state index contributed by atoms with van der Waals surface area (Å²) in [6, 6.07) is -0.707. The van der Waals surface area contributed by atoms with Gasteiger partial charge in [-0.3, -0.25) is 0 Å². The van der Waals surface area contributed by atoms with Crippen molar-refractivity contribution in [3.63, 3.8) is 0 Å². The van der Waals surface area contributed by atoms with E-state index < -0.39 is 12.5 Å². The van der Waals surface area contributed by atoms with Crippen molar-refractivity contribution in [2.75, 3.05) is 13.2 Å². The minimum Gasteiger partial charge on any atom is -0.379 e. The second kappa shape index (κ2) is 8.12. The fourth-order valence-corrected chi connectivity index (χ4v) is 0.965. The van der Waals surface area contributed by atoms with E-state index in [1.807, 2.05) is 13.8 Å². The summed E-state index contributed by atoms with van der Waals surface area (Å²) in [5.74, 6) is 0. The van der Waals surface area contributed by atoms with E-state index in [1.165, 1.54) is 6.92 Å². The molecule has 1 N–H and O–H groups in total. The van der Waals surface area contributed by atoms with Crippen molar-refractivity contribution in [1.29, 1.82) is 0 Å². The smallest absolute Gasteiger partial charge is 0.253 e. The summed E-state index contributed by atoms with van der Waals surface area (Å²) >= 11 is 0. The lowest BCUT2D eigenvalue weighted by molar-refractivity contribution is 0.0748. The van der Waals surface area contributed by atoms with Gasteiger partial charge in [-0.1, -0.05) is 0 Å². The molecule has 0 amide bonds. The zero-order valence-corrected chi connectivity index (χ0v) is 9.22. The van der Waals surface area contributed by atoms with Crippen LogP contribution in [0, 0.1) is 0 Å². The van der Waals surface area contributed by atoms with E-state index in [1.54, 1.807) is 0 Å². The molecule has 0 saturated carbocycles. The molecule has 0 aliphatic heterocycles. The Labute approximate surface area is 85.0 Å². The third kappa shape index (κ3) is 8.38. The molecule has 0 aliphatic rings. The summed E-state index contributed by atoms with van der Waals surface area (Å²) in [5.41, 5.74) is 0. The molecule has 0 aromatic carbocycles. The molecule has 4 heteroatoms. The summed E-state index contributed by atoms with van der Waals surface area (Å²) in [6.07, 6.45) is -0.227. The highest BCUT2D eigenvalue weighted by Gasteiger charge is 2.12. The molecule has 86 valence electrons. The standard InChI is InChI=1S/C10H21F2NO/c1-8(2)14-7-5-4-6-13-9(3)10(11)12/h8-10,13H,4-7H2,1-3H3. The van der Waals surface area contributed by atoms with Crippen LogP contribution in [0.2, 0.25) is 0 Å². The number of alkyl halides is 2. The summed E-state index contributed by atoms with van der Waals surface area (Å²) in [6.45, 7) is 6.80. The Morgan fingerprint density at radius 3 is 2.29 bits per heavy atom. The lowest BCUT2D eigenvalue weighted by Crippen LogP contribution is -2.33. The van der Waals surface area contributed by atoms with E-state index in [0.717, 1.165) is 12.8 Å². The molecular formula is C10H21F2NO. The molecule has 0 aromatic rings. The van der Waals surface area contributed by atoms with Crippen LogP contribution >= 0.6 is 0 Å². The van der Waals surface area contributed by atoms with Crippen molar-refractivity contribution in [3.05, 3.63) is 0 Å². The number of hydrogen-bond donors (Lipinski definition) is 1. The first-order chi connectivity index (χ1) is 6.54. The van der Waals surface area contributed by atoms with Gasteiger partial charge in [0.05, 0.1) is 12.1 Å². The third-order valence-electron chi connectivity index (χ3n) is 1.87. The van der Waals surface area contributed by atoms with Gasteiger partial charge in [0.25, 0.3) is 6.43 Å². The summed E-state index contributed by atoms with van der Waals surface area (Å²) in [4.78, 5) is 0. The predicted molar refractivity (Wildman–Crippen MR) is 53.8 cm³/mol. The first-order valence-corrected chi connectivity index (χ1v) is 5.17. The minimum atomic E-state index is -2.28. The van der Waals surface area contributed by atoms with Crippen LogP contribution in [0.1, 0.15) is 33.6 Å². The van der Waals surface area contributed by atoms with Crippen LogP contribution in [0.25, 0.3) is 0 Å². The van der Waals surface area contributed by atoms with Crippen molar-refractivity contribution in [1.82, 2.24) is 5.32 Å². The van der Waals surface area contributed by atoms with Gasteiger partial charge in [-0.05, 0) is 40.2 Å². The van der Waals surface area contributed by atoms with Gasteiger partial charge in [0.2, 0.25) is 0 Å². The van der Waals surface area contributed by atoms with Gasteiger partial charge < -0.3 is 10.1 Å². The monoisotopic (exact) mass is 209 g/mol. The lowest BCUT2D eigenvalue weighted by Gasteiger charge is -2.12. The molecule has 14 heavy (non-hydrogen) atoms. The van der Waals surface area contributed by atoms with Crippen LogP contribution < -0.4 is 5.32 Å².